The topological polar surface area (TPSA) is 75.9 Å². The van der Waals surface area contributed by atoms with E-state index in [0.717, 1.165) is 42.4 Å². The van der Waals surface area contributed by atoms with Gasteiger partial charge in [-0.3, -0.25) is 9.78 Å². The van der Waals surface area contributed by atoms with Gasteiger partial charge in [-0.2, -0.15) is 0 Å². The highest BCUT2D eigenvalue weighted by molar-refractivity contribution is 5.94. The minimum Gasteiger partial charge on any atom is -0.350 e. The van der Waals surface area contributed by atoms with Gasteiger partial charge in [-0.1, -0.05) is 6.07 Å². The molecular formula is C24H28N6O. The van der Waals surface area contributed by atoms with Crippen molar-refractivity contribution in [2.24, 2.45) is 5.92 Å². The van der Waals surface area contributed by atoms with Crippen molar-refractivity contribution in [1.29, 1.82) is 0 Å². The molecule has 1 saturated heterocycles. The minimum absolute atomic E-state index is 0.0440. The van der Waals surface area contributed by atoms with Crippen LogP contribution >= 0.6 is 0 Å². The lowest BCUT2D eigenvalue weighted by Crippen LogP contribution is -2.28. The fraction of sp³-hybridized carbons (Fsp3) is 0.417. The van der Waals surface area contributed by atoms with E-state index in [1.807, 2.05) is 36.7 Å². The van der Waals surface area contributed by atoms with E-state index in [1.165, 1.54) is 25.7 Å². The Labute approximate surface area is 182 Å². The van der Waals surface area contributed by atoms with E-state index in [9.17, 15) is 4.79 Å². The molecule has 7 nitrogen and oxygen atoms in total. The summed E-state index contributed by atoms with van der Waals surface area (Å²) in [5, 5.41) is 3.05. The molecular weight excluding hydrogens is 388 g/mol. The summed E-state index contributed by atoms with van der Waals surface area (Å²) in [6.45, 7) is 3.50. The Morgan fingerprint density at radius 1 is 1.06 bits per heavy atom. The van der Waals surface area contributed by atoms with Crippen LogP contribution < -0.4 is 10.2 Å². The van der Waals surface area contributed by atoms with Gasteiger partial charge >= 0.3 is 0 Å². The van der Waals surface area contributed by atoms with Crippen LogP contribution in [0.1, 0.15) is 41.9 Å². The van der Waals surface area contributed by atoms with Crippen LogP contribution in [0.2, 0.25) is 0 Å². The van der Waals surface area contributed by atoms with Crippen LogP contribution in [0.25, 0.3) is 11.1 Å². The van der Waals surface area contributed by atoms with Gasteiger partial charge in [-0.25, -0.2) is 9.97 Å². The molecule has 1 amide bonds. The average Bonchev–Trinajstić information content (AvgIpc) is 3.27. The SMILES string of the molecule is O=C(NCCc1ccccn1)c1cc(-c2cnc(N3CCCC3)nc2)cn1CC1CC1. The Hall–Kier alpha value is -3.22. The molecule has 1 aliphatic carbocycles. The van der Waals surface area contributed by atoms with E-state index in [4.69, 9.17) is 0 Å². The van der Waals surface area contributed by atoms with Gasteiger partial charge in [0, 0.05) is 74.2 Å². The molecule has 1 N–H and O–H groups in total. The molecule has 3 aromatic heterocycles. The molecule has 7 heteroatoms. The van der Waals surface area contributed by atoms with Crippen LogP contribution in [-0.2, 0) is 13.0 Å². The van der Waals surface area contributed by atoms with Crippen molar-refractivity contribution in [3.05, 3.63) is 60.4 Å². The molecule has 2 fully saturated rings. The van der Waals surface area contributed by atoms with Crippen LogP contribution in [0, 0.1) is 5.92 Å². The van der Waals surface area contributed by atoms with Crippen molar-refractivity contribution in [2.75, 3.05) is 24.5 Å². The second-order valence-corrected chi connectivity index (χ2v) is 8.50. The lowest BCUT2D eigenvalue weighted by molar-refractivity contribution is 0.0944. The molecule has 0 atom stereocenters. The van der Waals surface area contributed by atoms with Gasteiger partial charge in [0.15, 0.2) is 0 Å². The zero-order valence-electron chi connectivity index (χ0n) is 17.7. The zero-order chi connectivity index (χ0) is 21.0. The Morgan fingerprint density at radius 3 is 2.58 bits per heavy atom. The minimum atomic E-state index is -0.0440. The van der Waals surface area contributed by atoms with E-state index in [-0.39, 0.29) is 5.91 Å². The third-order valence-corrected chi connectivity index (χ3v) is 6.03. The first kappa shape index (κ1) is 19.7. The summed E-state index contributed by atoms with van der Waals surface area (Å²) in [5.74, 6) is 1.43. The second kappa shape index (κ2) is 8.88. The first-order chi connectivity index (χ1) is 15.3. The van der Waals surface area contributed by atoms with Gasteiger partial charge in [-0.15, -0.1) is 0 Å². The van der Waals surface area contributed by atoms with E-state index < -0.39 is 0 Å². The number of hydrogen-bond acceptors (Lipinski definition) is 5. The lowest BCUT2D eigenvalue weighted by atomic mass is 10.2. The largest absolute Gasteiger partial charge is 0.350 e. The monoisotopic (exact) mass is 416 g/mol. The number of aromatic nitrogens is 4. The molecule has 1 aliphatic heterocycles. The number of pyridine rings is 1. The summed E-state index contributed by atoms with van der Waals surface area (Å²) in [6.07, 6.45) is 13.2. The van der Waals surface area contributed by atoms with Crippen molar-refractivity contribution < 1.29 is 4.79 Å². The van der Waals surface area contributed by atoms with Gasteiger partial charge in [0.05, 0.1) is 0 Å². The number of anilines is 1. The predicted molar refractivity (Wildman–Crippen MR) is 120 cm³/mol. The number of carbonyl (C=O) groups excluding carboxylic acids is 1. The van der Waals surface area contributed by atoms with Gasteiger partial charge in [0.2, 0.25) is 5.95 Å². The number of carbonyl (C=O) groups is 1. The lowest BCUT2D eigenvalue weighted by Gasteiger charge is -2.14. The summed E-state index contributed by atoms with van der Waals surface area (Å²) in [4.78, 5) is 28.6. The number of hydrogen-bond donors (Lipinski definition) is 1. The molecule has 5 rings (SSSR count). The van der Waals surface area contributed by atoms with E-state index in [2.05, 4.69) is 35.9 Å². The van der Waals surface area contributed by atoms with Crippen LogP contribution in [0.15, 0.2) is 49.1 Å². The third kappa shape index (κ3) is 4.76. The van der Waals surface area contributed by atoms with Crippen molar-refractivity contribution in [2.45, 2.75) is 38.6 Å². The van der Waals surface area contributed by atoms with E-state index >= 15 is 0 Å². The maximum absolute atomic E-state index is 12.9. The summed E-state index contributed by atoms with van der Waals surface area (Å²) < 4.78 is 2.09. The summed E-state index contributed by atoms with van der Waals surface area (Å²) in [7, 11) is 0. The van der Waals surface area contributed by atoms with E-state index in [1.54, 1.807) is 6.20 Å². The van der Waals surface area contributed by atoms with Gasteiger partial charge in [0.1, 0.15) is 5.69 Å². The number of rotatable bonds is 8. The van der Waals surface area contributed by atoms with Gasteiger partial charge < -0.3 is 14.8 Å². The molecule has 0 aromatic carbocycles. The Bertz CT molecular complexity index is 1020. The Kier molecular flexibility index (Phi) is 5.65. The van der Waals surface area contributed by atoms with Crippen LogP contribution in [0.4, 0.5) is 5.95 Å². The number of amides is 1. The van der Waals surface area contributed by atoms with E-state index in [0.29, 0.717) is 24.6 Å². The maximum atomic E-state index is 12.9. The van der Waals surface area contributed by atoms with Crippen LogP contribution in [0.3, 0.4) is 0 Å². The fourth-order valence-corrected chi connectivity index (χ4v) is 4.08. The molecule has 31 heavy (non-hydrogen) atoms. The van der Waals surface area contributed by atoms with Gasteiger partial charge in [-0.05, 0) is 49.8 Å². The highest BCUT2D eigenvalue weighted by atomic mass is 16.1. The van der Waals surface area contributed by atoms with Crippen molar-refractivity contribution in [3.63, 3.8) is 0 Å². The normalized spacial score (nSPS) is 15.9. The molecule has 1 saturated carbocycles. The molecule has 4 heterocycles. The molecule has 0 spiro atoms. The standard InChI is InChI=1S/C24H28N6O/c31-23(26-10-8-21-5-1-2-9-25-21)22-13-19(17-30(22)16-18-6-7-18)20-14-27-24(28-15-20)29-11-3-4-12-29/h1-2,5,9,13-15,17-18H,3-4,6-8,10-12,16H2,(H,26,31). The van der Waals surface area contributed by atoms with Crippen molar-refractivity contribution >= 4 is 11.9 Å². The molecule has 0 radical (unpaired) electrons. The van der Waals surface area contributed by atoms with Crippen molar-refractivity contribution in [1.82, 2.24) is 24.8 Å². The summed E-state index contributed by atoms with van der Waals surface area (Å²) in [6, 6.07) is 7.81. The Morgan fingerprint density at radius 2 is 1.87 bits per heavy atom. The molecule has 2 aliphatic rings. The summed E-state index contributed by atoms with van der Waals surface area (Å²) in [5.41, 5.74) is 3.61. The molecule has 3 aromatic rings. The van der Waals surface area contributed by atoms with Crippen molar-refractivity contribution in [3.8, 4) is 11.1 Å². The number of nitrogens with zero attached hydrogens (tertiary/aromatic N) is 5. The first-order valence-electron chi connectivity index (χ1n) is 11.2. The average molecular weight is 417 g/mol. The maximum Gasteiger partial charge on any atom is 0.267 e. The van der Waals surface area contributed by atoms with Crippen LogP contribution in [-0.4, -0.2) is 45.1 Å². The van der Waals surface area contributed by atoms with Gasteiger partial charge in [0.25, 0.3) is 5.91 Å². The fourth-order valence-electron chi connectivity index (χ4n) is 4.08. The molecule has 160 valence electrons. The highest BCUT2D eigenvalue weighted by Crippen LogP contribution is 2.32. The smallest absolute Gasteiger partial charge is 0.267 e. The first-order valence-corrected chi connectivity index (χ1v) is 11.2. The highest BCUT2D eigenvalue weighted by Gasteiger charge is 2.25. The molecule has 0 bridgehead atoms. The number of nitrogens with one attached hydrogen (secondary N) is 1. The predicted octanol–water partition coefficient (Wildman–Crippen LogP) is 3.32. The summed E-state index contributed by atoms with van der Waals surface area (Å²) >= 11 is 0. The molecule has 0 unspecified atom stereocenters. The van der Waals surface area contributed by atoms with Crippen LogP contribution in [0.5, 0.6) is 0 Å². The Balaban J connectivity index is 1.30. The second-order valence-electron chi connectivity index (χ2n) is 8.50. The third-order valence-electron chi connectivity index (χ3n) is 6.03. The zero-order valence-corrected chi connectivity index (χ0v) is 17.7. The quantitative estimate of drug-likeness (QED) is 0.610.